The van der Waals surface area contributed by atoms with Crippen molar-refractivity contribution < 1.29 is 15.0 Å². The molecule has 1 unspecified atom stereocenters. The van der Waals surface area contributed by atoms with Gasteiger partial charge in [0.1, 0.15) is 0 Å². The van der Waals surface area contributed by atoms with Crippen LogP contribution in [0.1, 0.15) is 24.5 Å². The summed E-state index contributed by atoms with van der Waals surface area (Å²) in [5, 5.41) is 18.6. The van der Waals surface area contributed by atoms with E-state index in [1.165, 1.54) is 0 Å². The van der Waals surface area contributed by atoms with E-state index in [-0.39, 0.29) is 12.5 Å². The van der Waals surface area contributed by atoms with E-state index < -0.39 is 12.1 Å². The zero-order chi connectivity index (χ0) is 13.8. The summed E-state index contributed by atoms with van der Waals surface area (Å²) in [4.78, 5) is 13.1. The van der Waals surface area contributed by atoms with Gasteiger partial charge in [0, 0.05) is 25.3 Å². The molecule has 4 N–H and O–H groups in total. The molecule has 0 spiro atoms. The van der Waals surface area contributed by atoms with E-state index in [4.69, 9.17) is 10.8 Å². The molecule has 5 heteroatoms. The Kier molecular flexibility index (Phi) is 4.39. The topological polar surface area (TPSA) is 86.8 Å². The van der Waals surface area contributed by atoms with E-state index in [9.17, 15) is 9.90 Å². The zero-order valence-electron chi connectivity index (χ0n) is 10.8. The number of aliphatic hydroxyl groups excluding tert-OH is 1. The summed E-state index contributed by atoms with van der Waals surface area (Å²) in [6, 6.07) is 7.65. The first kappa shape index (κ1) is 13.8. The molecule has 0 aliphatic carbocycles. The second kappa shape index (κ2) is 6.04. The largest absolute Gasteiger partial charge is 0.481 e. The fourth-order valence-electron chi connectivity index (χ4n) is 2.43. The van der Waals surface area contributed by atoms with Crippen LogP contribution in [0.4, 0.5) is 5.69 Å². The number of aliphatic hydroxyl groups is 1. The van der Waals surface area contributed by atoms with Gasteiger partial charge in [-0.15, -0.1) is 0 Å². The molecule has 1 fully saturated rings. The third-order valence-electron chi connectivity index (χ3n) is 3.71. The Hall–Kier alpha value is -1.59. The molecule has 5 nitrogen and oxygen atoms in total. The summed E-state index contributed by atoms with van der Waals surface area (Å²) in [6.07, 6.45) is 0.747. The third kappa shape index (κ3) is 3.24. The van der Waals surface area contributed by atoms with E-state index >= 15 is 0 Å². The first-order valence-corrected chi connectivity index (χ1v) is 6.57. The van der Waals surface area contributed by atoms with E-state index in [1.807, 2.05) is 24.3 Å². The van der Waals surface area contributed by atoms with Crippen LogP contribution in [-0.2, 0) is 4.79 Å². The fourth-order valence-corrected chi connectivity index (χ4v) is 2.43. The van der Waals surface area contributed by atoms with Crippen molar-refractivity contribution in [1.82, 2.24) is 0 Å². The van der Waals surface area contributed by atoms with Gasteiger partial charge in [-0.25, -0.2) is 0 Å². The first-order chi connectivity index (χ1) is 9.11. The predicted octanol–water partition coefficient (Wildman–Crippen LogP) is 0.980. The van der Waals surface area contributed by atoms with Crippen molar-refractivity contribution in [3.8, 4) is 0 Å². The fraction of sp³-hybridized carbons (Fsp3) is 0.500. The van der Waals surface area contributed by atoms with Gasteiger partial charge in [0.2, 0.25) is 0 Å². The van der Waals surface area contributed by atoms with E-state index in [2.05, 4.69) is 4.90 Å². The lowest BCUT2D eigenvalue weighted by molar-refractivity contribution is -0.142. The van der Waals surface area contributed by atoms with Crippen LogP contribution in [0.15, 0.2) is 24.3 Å². The Morgan fingerprint density at radius 3 is 2.37 bits per heavy atom. The Labute approximate surface area is 112 Å². The molecule has 1 aliphatic rings. The quantitative estimate of drug-likeness (QED) is 0.754. The van der Waals surface area contributed by atoms with Crippen LogP contribution >= 0.6 is 0 Å². The molecule has 19 heavy (non-hydrogen) atoms. The summed E-state index contributed by atoms with van der Waals surface area (Å²) in [5.74, 6) is -0.907. The number of anilines is 1. The lowest BCUT2D eigenvalue weighted by Crippen LogP contribution is -2.36. The number of nitrogens with zero attached hydrogens (tertiary/aromatic N) is 1. The van der Waals surface area contributed by atoms with Gasteiger partial charge in [0.25, 0.3) is 0 Å². The van der Waals surface area contributed by atoms with Crippen molar-refractivity contribution in [1.29, 1.82) is 0 Å². The molecule has 1 aliphatic heterocycles. The lowest BCUT2D eigenvalue weighted by atomic mass is 9.96. The highest BCUT2D eigenvalue weighted by Crippen LogP contribution is 2.24. The Morgan fingerprint density at radius 1 is 1.32 bits per heavy atom. The smallest absolute Gasteiger partial charge is 0.306 e. The first-order valence-electron chi connectivity index (χ1n) is 6.57. The molecule has 1 aromatic carbocycles. The Bertz CT molecular complexity index is 425. The maximum Gasteiger partial charge on any atom is 0.306 e. The summed E-state index contributed by atoms with van der Waals surface area (Å²) < 4.78 is 0. The molecular weight excluding hydrogens is 244 g/mol. The number of aliphatic carboxylic acids is 1. The number of hydrogen-bond donors (Lipinski definition) is 3. The minimum atomic E-state index is -0.693. The van der Waals surface area contributed by atoms with Crippen molar-refractivity contribution in [2.24, 2.45) is 11.7 Å². The molecule has 1 saturated heterocycles. The average molecular weight is 264 g/mol. The van der Waals surface area contributed by atoms with E-state index in [0.29, 0.717) is 12.8 Å². The maximum atomic E-state index is 10.9. The van der Waals surface area contributed by atoms with Crippen LogP contribution in [-0.4, -0.2) is 35.8 Å². The van der Waals surface area contributed by atoms with Crippen molar-refractivity contribution in [2.75, 3.05) is 24.5 Å². The standard InChI is InChI=1S/C14H20N2O3/c15-9-13(17)10-1-3-12(4-2-10)16-7-5-11(6-8-16)14(18)19/h1-4,11,13,17H,5-9,15H2,(H,18,19). The van der Waals surface area contributed by atoms with E-state index in [0.717, 1.165) is 24.3 Å². The van der Waals surface area contributed by atoms with Crippen LogP contribution in [0.5, 0.6) is 0 Å². The highest BCUT2D eigenvalue weighted by Gasteiger charge is 2.24. The van der Waals surface area contributed by atoms with Gasteiger partial charge in [-0.05, 0) is 30.5 Å². The molecule has 0 radical (unpaired) electrons. The van der Waals surface area contributed by atoms with Gasteiger partial charge in [-0.2, -0.15) is 0 Å². The molecular formula is C14H20N2O3. The van der Waals surface area contributed by atoms with Crippen LogP contribution in [0.25, 0.3) is 0 Å². The third-order valence-corrected chi connectivity index (χ3v) is 3.71. The van der Waals surface area contributed by atoms with Gasteiger partial charge in [-0.1, -0.05) is 12.1 Å². The summed E-state index contributed by atoms with van der Waals surface area (Å²) >= 11 is 0. The van der Waals surface area contributed by atoms with Crippen molar-refractivity contribution in [3.63, 3.8) is 0 Å². The zero-order valence-corrected chi connectivity index (χ0v) is 10.8. The maximum absolute atomic E-state index is 10.9. The molecule has 0 saturated carbocycles. The number of benzene rings is 1. The number of piperidine rings is 1. The normalized spacial score (nSPS) is 18.3. The Morgan fingerprint density at radius 2 is 1.89 bits per heavy atom. The van der Waals surface area contributed by atoms with Crippen molar-refractivity contribution in [3.05, 3.63) is 29.8 Å². The number of rotatable bonds is 4. The number of carboxylic acid groups (broad SMARTS) is 1. The molecule has 2 rings (SSSR count). The van der Waals surface area contributed by atoms with Gasteiger partial charge in [0.05, 0.1) is 12.0 Å². The van der Waals surface area contributed by atoms with Gasteiger partial charge < -0.3 is 20.8 Å². The summed E-state index contributed by atoms with van der Waals surface area (Å²) in [5.41, 5.74) is 7.29. The SMILES string of the molecule is NCC(O)c1ccc(N2CCC(C(=O)O)CC2)cc1. The molecule has 0 amide bonds. The minimum Gasteiger partial charge on any atom is -0.481 e. The van der Waals surface area contributed by atoms with Crippen LogP contribution in [0.3, 0.4) is 0 Å². The van der Waals surface area contributed by atoms with Crippen LogP contribution in [0, 0.1) is 5.92 Å². The summed E-state index contributed by atoms with van der Waals surface area (Å²) in [7, 11) is 0. The lowest BCUT2D eigenvalue weighted by Gasteiger charge is -2.32. The predicted molar refractivity (Wildman–Crippen MR) is 73.0 cm³/mol. The number of nitrogens with two attached hydrogens (primary N) is 1. The second-order valence-electron chi connectivity index (χ2n) is 4.94. The number of carboxylic acids is 1. The Balaban J connectivity index is 1.98. The van der Waals surface area contributed by atoms with Gasteiger partial charge in [0.15, 0.2) is 0 Å². The average Bonchev–Trinajstić information content (AvgIpc) is 2.46. The highest BCUT2D eigenvalue weighted by atomic mass is 16.4. The molecule has 1 heterocycles. The van der Waals surface area contributed by atoms with Crippen molar-refractivity contribution in [2.45, 2.75) is 18.9 Å². The monoisotopic (exact) mass is 264 g/mol. The molecule has 104 valence electrons. The minimum absolute atomic E-state index is 0.212. The second-order valence-corrected chi connectivity index (χ2v) is 4.94. The van der Waals surface area contributed by atoms with Crippen molar-refractivity contribution >= 4 is 11.7 Å². The molecule has 0 bridgehead atoms. The number of hydrogen-bond acceptors (Lipinski definition) is 4. The van der Waals surface area contributed by atoms with E-state index in [1.54, 1.807) is 0 Å². The molecule has 1 atom stereocenters. The highest BCUT2D eigenvalue weighted by molar-refractivity contribution is 5.70. The number of carbonyl (C=O) groups is 1. The molecule has 0 aromatic heterocycles. The van der Waals surface area contributed by atoms with Gasteiger partial charge in [-0.3, -0.25) is 4.79 Å². The van der Waals surface area contributed by atoms with Crippen LogP contribution in [0.2, 0.25) is 0 Å². The summed E-state index contributed by atoms with van der Waals surface area (Å²) in [6.45, 7) is 1.73. The van der Waals surface area contributed by atoms with Crippen LogP contribution < -0.4 is 10.6 Å². The molecule has 1 aromatic rings. The van der Waals surface area contributed by atoms with Gasteiger partial charge >= 0.3 is 5.97 Å².